The van der Waals surface area contributed by atoms with Gasteiger partial charge in [-0.05, 0) is 0 Å². The molecule has 1 aliphatic heterocycles. The molecule has 1 heterocycles. The number of allylic oxidation sites excluding steroid dienone is 3. The third-order valence-corrected chi connectivity index (χ3v) is 3.40. The zero-order valence-corrected chi connectivity index (χ0v) is 10.5. The van der Waals surface area contributed by atoms with Crippen molar-refractivity contribution >= 4 is 11.6 Å². The Hall–Kier alpha value is -2.56. The third kappa shape index (κ3) is 1.79. The van der Waals surface area contributed by atoms with E-state index in [0.717, 1.165) is 0 Å². The molecule has 2 N–H and O–H groups in total. The average molecular weight is 272 g/mol. The highest BCUT2D eigenvalue weighted by Crippen LogP contribution is 2.38. The molecule has 2 aliphatic rings. The highest BCUT2D eigenvalue weighted by molar-refractivity contribution is 6.46. The second-order valence-electron chi connectivity index (χ2n) is 4.70. The van der Waals surface area contributed by atoms with Crippen molar-refractivity contribution in [2.24, 2.45) is 0 Å². The summed E-state index contributed by atoms with van der Waals surface area (Å²) in [5.41, 5.74) is 0.334. The molecule has 0 radical (unpaired) electrons. The maximum absolute atomic E-state index is 12.1. The van der Waals surface area contributed by atoms with Gasteiger partial charge in [0.15, 0.2) is 11.9 Å². The lowest BCUT2D eigenvalue weighted by Crippen LogP contribution is -2.34. The first-order valence-electron chi connectivity index (χ1n) is 6.24. The number of ketones is 2. The summed E-state index contributed by atoms with van der Waals surface area (Å²) in [5, 5.41) is 19.6. The van der Waals surface area contributed by atoms with Gasteiger partial charge in [-0.15, -0.1) is 0 Å². The zero-order valence-electron chi connectivity index (χ0n) is 10.5. The lowest BCUT2D eigenvalue weighted by atomic mass is 9.89. The molecular weight excluding hydrogens is 260 g/mol. The van der Waals surface area contributed by atoms with Gasteiger partial charge in [0.2, 0.25) is 11.6 Å². The van der Waals surface area contributed by atoms with Crippen LogP contribution in [-0.2, 0) is 14.3 Å². The Kier molecular flexibility index (Phi) is 2.82. The van der Waals surface area contributed by atoms with E-state index in [4.69, 9.17) is 4.74 Å². The fraction of sp³-hybridized carbons (Fsp3) is 0.200. The number of hydrogen-bond acceptors (Lipinski definition) is 5. The summed E-state index contributed by atoms with van der Waals surface area (Å²) in [4.78, 5) is 24.2. The molecule has 0 amide bonds. The van der Waals surface area contributed by atoms with Crippen molar-refractivity contribution in [1.29, 1.82) is 0 Å². The number of hydrogen-bond donors (Lipinski definition) is 2. The number of fused-ring (bicyclic) bond motifs is 1. The molecule has 1 unspecified atom stereocenters. The van der Waals surface area contributed by atoms with Gasteiger partial charge in [0.25, 0.3) is 0 Å². The highest BCUT2D eigenvalue weighted by atomic mass is 16.5. The van der Waals surface area contributed by atoms with Crippen molar-refractivity contribution in [3.63, 3.8) is 0 Å². The summed E-state index contributed by atoms with van der Waals surface area (Å²) >= 11 is 0. The van der Waals surface area contributed by atoms with Gasteiger partial charge in [0, 0.05) is 18.4 Å². The predicted molar refractivity (Wildman–Crippen MR) is 68.8 cm³/mol. The van der Waals surface area contributed by atoms with Gasteiger partial charge in [0.1, 0.15) is 17.1 Å². The van der Waals surface area contributed by atoms with Gasteiger partial charge in [-0.1, -0.05) is 30.3 Å². The first-order valence-corrected chi connectivity index (χ1v) is 6.24. The molecule has 1 aliphatic carbocycles. The van der Waals surface area contributed by atoms with E-state index in [1.54, 1.807) is 30.3 Å². The third-order valence-electron chi connectivity index (χ3n) is 3.40. The minimum Gasteiger partial charge on any atom is -0.511 e. The van der Waals surface area contributed by atoms with Crippen LogP contribution in [0.3, 0.4) is 0 Å². The molecule has 5 heteroatoms. The topological polar surface area (TPSA) is 83.8 Å². The molecule has 1 atom stereocenters. The summed E-state index contributed by atoms with van der Waals surface area (Å²) in [6.45, 7) is 0. The molecule has 1 fully saturated rings. The number of Topliss-reactive ketones (excluding diaryl/α,β-unsaturated/α-hetero) is 2. The number of rotatable bonds is 1. The van der Waals surface area contributed by atoms with Crippen LogP contribution in [0.15, 0.2) is 53.2 Å². The van der Waals surface area contributed by atoms with E-state index >= 15 is 0 Å². The standard InChI is InChI=1S/C15H12O5/c16-9-6-7-10(17)15-11(9)12(18)13(19)14(20-15)8-4-2-1-3-5-8/h1-5,14,16-17H,6-7H2. The van der Waals surface area contributed by atoms with Gasteiger partial charge in [-0.3, -0.25) is 9.59 Å². The SMILES string of the molecule is O=C1C(=O)C(c2ccccc2)OC2=C(O)CCC(O)=C12. The Bertz CT molecular complexity index is 654. The smallest absolute Gasteiger partial charge is 0.248 e. The largest absolute Gasteiger partial charge is 0.511 e. The van der Waals surface area contributed by atoms with E-state index < -0.39 is 17.7 Å². The number of carbonyl (C=O) groups is 2. The molecule has 0 spiro atoms. The summed E-state index contributed by atoms with van der Waals surface area (Å²) in [7, 11) is 0. The van der Waals surface area contributed by atoms with Crippen LogP contribution in [-0.4, -0.2) is 21.8 Å². The Balaban J connectivity index is 2.08. The molecule has 20 heavy (non-hydrogen) atoms. The Morgan fingerprint density at radius 1 is 1.00 bits per heavy atom. The van der Waals surface area contributed by atoms with Gasteiger partial charge in [0.05, 0.1) is 0 Å². The van der Waals surface area contributed by atoms with E-state index in [1.807, 2.05) is 0 Å². The highest BCUT2D eigenvalue weighted by Gasteiger charge is 2.43. The lowest BCUT2D eigenvalue weighted by Gasteiger charge is -2.29. The molecule has 1 saturated heterocycles. The van der Waals surface area contributed by atoms with Crippen LogP contribution in [0, 0.1) is 0 Å². The number of aliphatic hydroxyl groups is 2. The summed E-state index contributed by atoms with van der Waals surface area (Å²) in [5.74, 6) is -1.95. The van der Waals surface area contributed by atoms with Crippen molar-refractivity contribution in [3.05, 3.63) is 58.7 Å². The molecular formula is C15H12O5. The van der Waals surface area contributed by atoms with E-state index in [-0.39, 0.29) is 35.7 Å². The minimum atomic E-state index is -1.07. The summed E-state index contributed by atoms with van der Waals surface area (Å²) < 4.78 is 5.48. The van der Waals surface area contributed by atoms with Gasteiger partial charge in [-0.25, -0.2) is 0 Å². The summed E-state index contributed by atoms with van der Waals surface area (Å²) in [6, 6.07) is 8.59. The van der Waals surface area contributed by atoms with Gasteiger partial charge >= 0.3 is 0 Å². The summed E-state index contributed by atoms with van der Waals surface area (Å²) in [6.07, 6.45) is -0.757. The van der Waals surface area contributed by atoms with Crippen LogP contribution in [0.2, 0.25) is 0 Å². The fourth-order valence-corrected chi connectivity index (χ4v) is 2.37. The van der Waals surface area contributed by atoms with Crippen LogP contribution in [0.25, 0.3) is 0 Å². The van der Waals surface area contributed by atoms with Crippen molar-refractivity contribution in [2.45, 2.75) is 18.9 Å². The number of aliphatic hydroxyl groups excluding tert-OH is 2. The molecule has 1 aromatic rings. The van der Waals surface area contributed by atoms with Crippen LogP contribution in [0.4, 0.5) is 0 Å². The Morgan fingerprint density at radius 3 is 2.35 bits per heavy atom. The minimum absolute atomic E-state index is 0.0767. The van der Waals surface area contributed by atoms with Gasteiger partial charge in [-0.2, -0.15) is 0 Å². The Morgan fingerprint density at radius 2 is 1.65 bits per heavy atom. The fourth-order valence-electron chi connectivity index (χ4n) is 2.37. The van der Waals surface area contributed by atoms with Crippen LogP contribution in [0.1, 0.15) is 24.5 Å². The monoisotopic (exact) mass is 272 g/mol. The van der Waals surface area contributed by atoms with Crippen molar-refractivity contribution in [1.82, 2.24) is 0 Å². The van der Waals surface area contributed by atoms with Crippen LogP contribution >= 0.6 is 0 Å². The van der Waals surface area contributed by atoms with E-state index in [1.165, 1.54) is 0 Å². The molecule has 1 aromatic carbocycles. The predicted octanol–water partition coefficient (Wildman–Crippen LogP) is 2.27. The second-order valence-corrected chi connectivity index (χ2v) is 4.70. The maximum Gasteiger partial charge on any atom is 0.248 e. The molecule has 102 valence electrons. The molecule has 5 nitrogen and oxygen atoms in total. The maximum atomic E-state index is 12.1. The average Bonchev–Trinajstić information content (AvgIpc) is 2.47. The Labute approximate surface area is 114 Å². The van der Waals surface area contributed by atoms with E-state index in [0.29, 0.717) is 5.56 Å². The number of carbonyl (C=O) groups excluding carboxylic acids is 2. The van der Waals surface area contributed by atoms with E-state index in [9.17, 15) is 19.8 Å². The quantitative estimate of drug-likeness (QED) is 0.766. The number of benzene rings is 1. The van der Waals surface area contributed by atoms with Crippen LogP contribution < -0.4 is 0 Å². The van der Waals surface area contributed by atoms with Crippen molar-refractivity contribution < 1.29 is 24.5 Å². The molecule has 3 rings (SSSR count). The van der Waals surface area contributed by atoms with E-state index in [2.05, 4.69) is 0 Å². The first-order chi connectivity index (χ1) is 9.59. The molecule has 0 saturated carbocycles. The van der Waals surface area contributed by atoms with Gasteiger partial charge < -0.3 is 14.9 Å². The molecule has 0 bridgehead atoms. The number of ether oxygens (including phenoxy) is 1. The molecule has 0 aromatic heterocycles. The van der Waals surface area contributed by atoms with Crippen molar-refractivity contribution in [2.75, 3.05) is 0 Å². The van der Waals surface area contributed by atoms with Crippen molar-refractivity contribution in [3.8, 4) is 0 Å². The van der Waals surface area contributed by atoms with Crippen LogP contribution in [0.5, 0.6) is 0 Å². The lowest BCUT2D eigenvalue weighted by molar-refractivity contribution is -0.143. The first kappa shape index (κ1) is 12.5. The normalized spacial score (nSPS) is 22.7. The zero-order chi connectivity index (χ0) is 14.3. The second kappa shape index (κ2) is 4.52.